The summed E-state index contributed by atoms with van der Waals surface area (Å²) in [6.45, 7) is 2.25. The predicted octanol–water partition coefficient (Wildman–Crippen LogP) is 1.47. The monoisotopic (exact) mass is 378 g/mol. The van der Waals surface area contributed by atoms with Crippen molar-refractivity contribution in [2.45, 2.75) is 45.1 Å². The Bertz CT molecular complexity index is 787. The Hall–Kier alpha value is -2.22. The number of amides is 2. The molecule has 1 atom stereocenters. The van der Waals surface area contributed by atoms with Crippen LogP contribution in [0.15, 0.2) is 12.4 Å². The molecule has 0 spiro atoms. The Morgan fingerprint density at radius 1 is 1.35 bits per heavy atom. The van der Waals surface area contributed by atoms with Gasteiger partial charge in [-0.1, -0.05) is 19.3 Å². The molecule has 3 rings (SSSR count). The van der Waals surface area contributed by atoms with E-state index in [4.69, 9.17) is 11.6 Å². The number of rotatable bonds is 6. The number of aromatic nitrogens is 4. The lowest BCUT2D eigenvalue weighted by atomic mass is 9.83. The van der Waals surface area contributed by atoms with Gasteiger partial charge in [0.15, 0.2) is 0 Å². The molecule has 1 unspecified atom stereocenters. The van der Waals surface area contributed by atoms with E-state index in [9.17, 15) is 9.59 Å². The van der Waals surface area contributed by atoms with Crippen molar-refractivity contribution in [2.75, 3.05) is 12.4 Å². The average molecular weight is 379 g/mol. The molecule has 2 heterocycles. The Morgan fingerprint density at radius 2 is 2.12 bits per heavy atom. The largest absolute Gasteiger partial charge is 0.353 e. The number of halogens is 1. The van der Waals surface area contributed by atoms with Crippen molar-refractivity contribution in [1.29, 1.82) is 0 Å². The maximum Gasteiger partial charge on any atom is 0.291 e. The highest BCUT2D eigenvalue weighted by Crippen LogP contribution is 2.26. The molecule has 8 nitrogen and oxygen atoms in total. The quantitative estimate of drug-likeness (QED) is 0.741. The number of carbonyl (C=O) groups excluding carboxylic acids is 2. The number of nitrogens with zero attached hydrogens (tertiary/aromatic N) is 4. The molecule has 26 heavy (non-hydrogen) atoms. The lowest BCUT2D eigenvalue weighted by Gasteiger charge is -2.30. The zero-order valence-corrected chi connectivity index (χ0v) is 15.5. The lowest BCUT2D eigenvalue weighted by Crippen LogP contribution is -2.48. The molecule has 0 aromatic carbocycles. The molecule has 2 amide bonds. The summed E-state index contributed by atoms with van der Waals surface area (Å²) >= 11 is 5.55. The van der Waals surface area contributed by atoms with Gasteiger partial charge in [0, 0.05) is 25.0 Å². The van der Waals surface area contributed by atoms with Gasteiger partial charge in [0.25, 0.3) is 11.7 Å². The molecule has 140 valence electrons. The van der Waals surface area contributed by atoms with E-state index >= 15 is 0 Å². The third-order valence-corrected chi connectivity index (χ3v) is 4.94. The van der Waals surface area contributed by atoms with Crippen LogP contribution in [0, 0.1) is 12.8 Å². The van der Waals surface area contributed by atoms with E-state index in [-0.39, 0.29) is 29.6 Å². The first-order valence-corrected chi connectivity index (χ1v) is 9.43. The van der Waals surface area contributed by atoms with E-state index < -0.39 is 0 Å². The van der Waals surface area contributed by atoms with Gasteiger partial charge >= 0.3 is 0 Å². The summed E-state index contributed by atoms with van der Waals surface area (Å²) in [6, 6.07) is -0.170. The zero-order valence-electron chi connectivity index (χ0n) is 14.7. The van der Waals surface area contributed by atoms with Crippen molar-refractivity contribution in [2.24, 2.45) is 5.92 Å². The van der Waals surface area contributed by atoms with Gasteiger partial charge in [-0.05, 0) is 31.2 Å². The van der Waals surface area contributed by atoms with Crippen LogP contribution in [0.5, 0.6) is 0 Å². The number of aryl methyl sites for hydroxylation is 1. The lowest BCUT2D eigenvalue weighted by molar-refractivity contribution is -0.118. The molecule has 1 aliphatic rings. The Balaban J connectivity index is 1.72. The first kappa shape index (κ1) is 18.6. The van der Waals surface area contributed by atoms with Gasteiger partial charge in [0.1, 0.15) is 5.88 Å². The van der Waals surface area contributed by atoms with Crippen molar-refractivity contribution in [3.05, 3.63) is 23.8 Å². The molecular formula is C17H23ClN6O2. The van der Waals surface area contributed by atoms with Gasteiger partial charge in [-0.2, -0.15) is 4.98 Å². The van der Waals surface area contributed by atoms with Crippen LogP contribution < -0.4 is 10.6 Å². The van der Waals surface area contributed by atoms with Crippen molar-refractivity contribution >= 4 is 29.2 Å². The summed E-state index contributed by atoms with van der Waals surface area (Å²) < 4.78 is 1.50. The number of fused-ring (bicyclic) bond motifs is 1. The second-order valence-corrected chi connectivity index (χ2v) is 6.99. The maximum absolute atomic E-state index is 12.7. The smallest absolute Gasteiger partial charge is 0.291 e. The summed E-state index contributed by atoms with van der Waals surface area (Å²) in [5.74, 6) is 0.0828. The summed E-state index contributed by atoms with van der Waals surface area (Å²) in [7, 11) is 0. The third kappa shape index (κ3) is 4.49. The van der Waals surface area contributed by atoms with E-state index in [1.807, 2.05) is 6.92 Å². The predicted molar refractivity (Wildman–Crippen MR) is 97.1 cm³/mol. The molecular weight excluding hydrogens is 356 g/mol. The van der Waals surface area contributed by atoms with Crippen molar-refractivity contribution in [3.8, 4) is 0 Å². The summed E-state index contributed by atoms with van der Waals surface area (Å²) in [4.78, 5) is 32.5. The van der Waals surface area contributed by atoms with Gasteiger partial charge in [0.2, 0.25) is 11.7 Å². The molecule has 9 heteroatoms. The topological polar surface area (TPSA) is 101 Å². The van der Waals surface area contributed by atoms with E-state index in [2.05, 4.69) is 25.7 Å². The van der Waals surface area contributed by atoms with E-state index in [0.717, 1.165) is 31.2 Å². The van der Waals surface area contributed by atoms with Crippen LogP contribution in [-0.4, -0.2) is 49.9 Å². The summed E-state index contributed by atoms with van der Waals surface area (Å²) in [5, 5.41) is 9.98. The van der Waals surface area contributed by atoms with Gasteiger partial charge < -0.3 is 10.6 Å². The van der Waals surface area contributed by atoms with Gasteiger partial charge in [0.05, 0.1) is 0 Å². The molecule has 2 N–H and O–H groups in total. The van der Waals surface area contributed by atoms with Crippen LogP contribution >= 0.6 is 11.6 Å². The molecule has 0 radical (unpaired) electrons. The van der Waals surface area contributed by atoms with Gasteiger partial charge in [-0.25, -0.2) is 9.50 Å². The molecule has 0 bridgehead atoms. The number of hydrogen-bond donors (Lipinski definition) is 2. The number of hydrogen-bond acceptors (Lipinski definition) is 5. The molecule has 2 aromatic rings. The van der Waals surface area contributed by atoms with Crippen LogP contribution in [0.4, 0.5) is 0 Å². The Morgan fingerprint density at radius 3 is 2.85 bits per heavy atom. The minimum absolute atomic E-state index is 0.0765. The highest BCUT2D eigenvalue weighted by Gasteiger charge is 2.27. The minimum atomic E-state index is -0.358. The number of nitrogens with one attached hydrogen (secondary N) is 2. The minimum Gasteiger partial charge on any atom is -0.353 e. The zero-order chi connectivity index (χ0) is 18.5. The fourth-order valence-corrected chi connectivity index (χ4v) is 3.44. The van der Waals surface area contributed by atoms with E-state index in [1.54, 1.807) is 12.4 Å². The van der Waals surface area contributed by atoms with Crippen LogP contribution in [0.25, 0.3) is 5.78 Å². The second kappa shape index (κ2) is 8.44. The first-order chi connectivity index (χ1) is 12.6. The van der Waals surface area contributed by atoms with Gasteiger partial charge in [-0.3, -0.25) is 9.59 Å². The van der Waals surface area contributed by atoms with Crippen molar-refractivity contribution < 1.29 is 9.59 Å². The average Bonchev–Trinajstić information content (AvgIpc) is 3.08. The van der Waals surface area contributed by atoms with Crippen LogP contribution in [-0.2, 0) is 4.79 Å². The van der Waals surface area contributed by atoms with E-state index in [1.165, 1.54) is 10.9 Å². The Kier molecular flexibility index (Phi) is 6.03. The Labute approximate surface area is 156 Å². The van der Waals surface area contributed by atoms with Crippen LogP contribution in [0.1, 0.15) is 48.3 Å². The molecule has 2 aromatic heterocycles. The molecule has 1 aliphatic carbocycles. The SMILES string of the molecule is Cc1cnc2nc(C(=O)NC(CNC(=O)CCl)C3CCCCC3)nn2c1. The maximum atomic E-state index is 12.7. The summed E-state index contributed by atoms with van der Waals surface area (Å²) in [5.41, 5.74) is 0.929. The highest BCUT2D eigenvalue weighted by atomic mass is 35.5. The molecule has 1 fully saturated rings. The third-order valence-electron chi connectivity index (χ3n) is 4.70. The number of alkyl halides is 1. The standard InChI is InChI=1S/C17H23ClN6O2/c1-11-8-20-17-22-15(23-24(17)10-11)16(26)21-13(9-19-14(25)7-18)12-5-3-2-4-6-12/h8,10,12-13H,2-7,9H2,1H3,(H,19,25)(H,21,26). The first-order valence-electron chi connectivity index (χ1n) is 8.89. The van der Waals surface area contributed by atoms with Crippen LogP contribution in [0.2, 0.25) is 0 Å². The fourth-order valence-electron chi connectivity index (χ4n) is 3.35. The molecule has 0 saturated heterocycles. The molecule has 1 saturated carbocycles. The van der Waals surface area contributed by atoms with Gasteiger partial charge in [-0.15, -0.1) is 16.7 Å². The highest BCUT2D eigenvalue weighted by molar-refractivity contribution is 6.27. The summed E-state index contributed by atoms with van der Waals surface area (Å²) in [6.07, 6.45) is 8.99. The van der Waals surface area contributed by atoms with E-state index in [0.29, 0.717) is 18.2 Å². The second-order valence-electron chi connectivity index (χ2n) is 6.73. The molecule has 0 aliphatic heterocycles. The fraction of sp³-hybridized carbons (Fsp3) is 0.588. The number of carbonyl (C=O) groups is 2. The van der Waals surface area contributed by atoms with Crippen molar-refractivity contribution in [3.63, 3.8) is 0 Å². The normalized spacial score (nSPS) is 16.4. The van der Waals surface area contributed by atoms with Crippen molar-refractivity contribution in [1.82, 2.24) is 30.2 Å². The van der Waals surface area contributed by atoms with Crippen LogP contribution in [0.3, 0.4) is 0 Å².